The van der Waals surface area contributed by atoms with E-state index in [1.165, 1.54) is 18.2 Å². The maximum absolute atomic E-state index is 13.4. The first-order chi connectivity index (χ1) is 9.88. The van der Waals surface area contributed by atoms with Gasteiger partial charge < -0.3 is 5.32 Å². The van der Waals surface area contributed by atoms with Gasteiger partial charge in [-0.2, -0.15) is 0 Å². The number of nitro benzene ring substituents is 1. The highest BCUT2D eigenvalue weighted by Crippen LogP contribution is 2.26. The maximum Gasteiger partial charge on any atom is 0.272 e. The molecule has 0 aliphatic heterocycles. The minimum atomic E-state index is -0.465. The van der Waals surface area contributed by atoms with Gasteiger partial charge in [-0.1, -0.05) is 17.7 Å². The molecule has 2 aromatic carbocycles. The van der Waals surface area contributed by atoms with Crippen molar-refractivity contribution in [2.24, 2.45) is 0 Å². The number of hydrogen-bond acceptors (Lipinski definition) is 3. The number of aryl methyl sites for hydroxylation is 2. The molecule has 0 aliphatic rings. The van der Waals surface area contributed by atoms with Crippen molar-refractivity contribution >= 4 is 23.0 Å². The van der Waals surface area contributed by atoms with Crippen LogP contribution in [0.2, 0.25) is 5.02 Å². The van der Waals surface area contributed by atoms with Gasteiger partial charge in [0.15, 0.2) is 0 Å². The topological polar surface area (TPSA) is 55.2 Å². The molecule has 6 heteroatoms. The van der Waals surface area contributed by atoms with Crippen molar-refractivity contribution in [2.45, 2.75) is 20.4 Å². The van der Waals surface area contributed by atoms with Gasteiger partial charge in [0.2, 0.25) is 0 Å². The fourth-order valence-electron chi connectivity index (χ4n) is 2.03. The number of anilines is 1. The van der Waals surface area contributed by atoms with Gasteiger partial charge >= 0.3 is 0 Å². The number of nitrogens with zero attached hydrogens (tertiary/aromatic N) is 1. The van der Waals surface area contributed by atoms with Crippen LogP contribution in [0.15, 0.2) is 30.3 Å². The lowest BCUT2D eigenvalue weighted by Crippen LogP contribution is -2.03. The highest BCUT2D eigenvalue weighted by molar-refractivity contribution is 6.30. The molecule has 0 amide bonds. The second-order valence-electron chi connectivity index (χ2n) is 4.81. The molecule has 0 atom stereocenters. The lowest BCUT2D eigenvalue weighted by molar-refractivity contribution is -0.385. The Labute approximate surface area is 126 Å². The molecule has 0 aromatic heterocycles. The van der Waals surface area contributed by atoms with E-state index >= 15 is 0 Å². The molecule has 21 heavy (non-hydrogen) atoms. The van der Waals surface area contributed by atoms with Gasteiger partial charge in [0.1, 0.15) is 5.82 Å². The Kier molecular flexibility index (Phi) is 4.43. The van der Waals surface area contributed by atoms with E-state index in [-0.39, 0.29) is 10.7 Å². The molecular formula is C15H14ClFN2O2. The van der Waals surface area contributed by atoms with Crippen molar-refractivity contribution in [3.8, 4) is 0 Å². The van der Waals surface area contributed by atoms with E-state index in [9.17, 15) is 14.5 Å². The summed E-state index contributed by atoms with van der Waals surface area (Å²) in [5, 5.41) is 14.1. The van der Waals surface area contributed by atoms with E-state index in [0.717, 1.165) is 16.8 Å². The van der Waals surface area contributed by atoms with Gasteiger partial charge in [-0.05, 0) is 43.2 Å². The van der Waals surface area contributed by atoms with Crippen LogP contribution >= 0.6 is 11.6 Å². The summed E-state index contributed by atoms with van der Waals surface area (Å²) in [6.07, 6.45) is 0. The van der Waals surface area contributed by atoms with Crippen LogP contribution in [-0.2, 0) is 6.54 Å². The Morgan fingerprint density at radius 3 is 2.57 bits per heavy atom. The highest BCUT2D eigenvalue weighted by atomic mass is 35.5. The molecule has 0 fully saturated rings. The molecule has 0 aliphatic carbocycles. The van der Waals surface area contributed by atoms with Crippen LogP contribution < -0.4 is 5.32 Å². The fraction of sp³-hybridized carbons (Fsp3) is 0.200. The molecule has 4 nitrogen and oxygen atoms in total. The molecule has 0 bridgehead atoms. The summed E-state index contributed by atoms with van der Waals surface area (Å²) in [7, 11) is 0. The summed E-state index contributed by atoms with van der Waals surface area (Å²) in [4.78, 5) is 10.5. The van der Waals surface area contributed by atoms with E-state index in [4.69, 9.17) is 11.6 Å². The summed E-state index contributed by atoms with van der Waals surface area (Å²) in [6, 6.07) is 7.84. The third-order valence-corrected chi connectivity index (χ3v) is 3.51. The van der Waals surface area contributed by atoms with Gasteiger partial charge in [-0.15, -0.1) is 0 Å². The van der Waals surface area contributed by atoms with Crippen LogP contribution in [0.4, 0.5) is 15.8 Å². The largest absolute Gasteiger partial charge is 0.381 e. The third-order valence-electron chi connectivity index (χ3n) is 3.21. The smallest absolute Gasteiger partial charge is 0.272 e. The lowest BCUT2D eigenvalue weighted by Gasteiger charge is -2.11. The van der Waals surface area contributed by atoms with Gasteiger partial charge in [0.05, 0.1) is 9.95 Å². The van der Waals surface area contributed by atoms with Crippen LogP contribution in [0.1, 0.15) is 16.7 Å². The number of benzene rings is 2. The summed E-state index contributed by atoms with van der Waals surface area (Å²) in [5.74, 6) is -0.465. The zero-order valence-corrected chi connectivity index (χ0v) is 12.4. The number of nitrogens with one attached hydrogen (secondary N) is 1. The van der Waals surface area contributed by atoms with Gasteiger partial charge in [-0.25, -0.2) is 4.39 Å². The Balaban J connectivity index is 2.18. The van der Waals surface area contributed by atoms with E-state index < -0.39 is 10.7 Å². The normalized spacial score (nSPS) is 10.5. The zero-order chi connectivity index (χ0) is 15.6. The highest BCUT2D eigenvalue weighted by Gasteiger charge is 2.13. The van der Waals surface area contributed by atoms with Crippen molar-refractivity contribution in [2.75, 3.05) is 5.32 Å². The molecule has 1 N–H and O–H groups in total. The monoisotopic (exact) mass is 308 g/mol. The molecule has 0 saturated carbocycles. The quantitative estimate of drug-likeness (QED) is 0.662. The van der Waals surface area contributed by atoms with Crippen molar-refractivity contribution in [1.29, 1.82) is 0 Å². The standard InChI is InChI=1S/C15H14ClFN2O2/c1-9-6-15(19(20)21)10(2)5-14(9)18-8-11-3-4-12(16)13(17)7-11/h3-7,18H,8H2,1-2H3. The Bertz CT molecular complexity index is 704. The van der Waals surface area contributed by atoms with Crippen LogP contribution in [0, 0.1) is 29.8 Å². The molecule has 2 rings (SSSR count). The average Bonchev–Trinajstić information content (AvgIpc) is 2.42. The van der Waals surface area contributed by atoms with Crippen LogP contribution in [-0.4, -0.2) is 4.92 Å². The predicted molar refractivity (Wildman–Crippen MR) is 81.3 cm³/mol. The average molecular weight is 309 g/mol. The maximum atomic E-state index is 13.4. The van der Waals surface area contributed by atoms with Gasteiger partial charge in [-0.3, -0.25) is 10.1 Å². The molecule has 0 spiro atoms. The summed E-state index contributed by atoms with van der Waals surface area (Å²) in [5.41, 5.74) is 2.97. The summed E-state index contributed by atoms with van der Waals surface area (Å²) in [6.45, 7) is 3.88. The van der Waals surface area contributed by atoms with E-state index in [1.807, 2.05) is 0 Å². The molecule has 0 radical (unpaired) electrons. The molecule has 0 heterocycles. The Morgan fingerprint density at radius 1 is 1.24 bits per heavy atom. The zero-order valence-electron chi connectivity index (χ0n) is 11.6. The second kappa shape index (κ2) is 6.10. The fourth-order valence-corrected chi connectivity index (χ4v) is 2.15. The van der Waals surface area contributed by atoms with Crippen LogP contribution in [0.25, 0.3) is 0 Å². The molecule has 0 saturated heterocycles. The Hall–Kier alpha value is -2.14. The van der Waals surface area contributed by atoms with Crippen molar-refractivity contribution in [3.05, 3.63) is 68.0 Å². The van der Waals surface area contributed by atoms with Crippen LogP contribution in [0.5, 0.6) is 0 Å². The van der Waals surface area contributed by atoms with E-state index in [1.54, 1.807) is 26.0 Å². The first-order valence-corrected chi connectivity index (χ1v) is 6.69. The first kappa shape index (κ1) is 15.3. The molecule has 2 aromatic rings. The van der Waals surface area contributed by atoms with Crippen molar-refractivity contribution in [1.82, 2.24) is 0 Å². The van der Waals surface area contributed by atoms with E-state index in [0.29, 0.717) is 12.1 Å². The number of nitro groups is 1. The first-order valence-electron chi connectivity index (χ1n) is 6.32. The second-order valence-corrected chi connectivity index (χ2v) is 5.22. The minimum Gasteiger partial charge on any atom is -0.381 e. The van der Waals surface area contributed by atoms with Gasteiger partial charge in [0.25, 0.3) is 5.69 Å². The van der Waals surface area contributed by atoms with Crippen molar-refractivity contribution < 1.29 is 9.31 Å². The summed E-state index contributed by atoms with van der Waals surface area (Å²) >= 11 is 5.63. The molecule has 110 valence electrons. The lowest BCUT2D eigenvalue weighted by atomic mass is 10.1. The minimum absolute atomic E-state index is 0.0844. The molecular weight excluding hydrogens is 295 g/mol. The summed E-state index contributed by atoms with van der Waals surface area (Å²) < 4.78 is 13.4. The number of hydrogen-bond donors (Lipinski definition) is 1. The number of halogens is 2. The molecule has 0 unspecified atom stereocenters. The predicted octanol–water partition coefficient (Wildman–Crippen LogP) is 4.62. The van der Waals surface area contributed by atoms with Crippen LogP contribution in [0.3, 0.4) is 0 Å². The Morgan fingerprint density at radius 2 is 1.95 bits per heavy atom. The SMILES string of the molecule is Cc1cc([N+](=O)[O-])c(C)cc1NCc1ccc(Cl)c(F)c1. The van der Waals surface area contributed by atoms with Crippen molar-refractivity contribution in [3.63, 3.8) is 0 Å². The van der Waals surface area contributed by atoms with Gasteiger partial charge in [0, 0.05) is 23.9 Å². The third kappa shape index (κ3) is 3.49. The van der Waals surface area contributed by atoms with E-state index in [2.05, 4.69) is 5.32 Å². The number of rotatable bonds is 4.